The second-order valence-electron chi connectivity index (χ2n) is 2.84. The number of aliphatic carboxylic acids is 1. The van der Waals surface area contributed by atoms with Crippen molar-refractivity contribution in [3.63, 3.8) is 0 Å². The van der Waals surface area contributed by atoms with Crippen molar-refractivity contribution < 1.29 is 18.7 Å². The Morgan fingerprint density at radius 2 is 2.31 bits per heavy atom. The standard InChI is InChI=1S/C9H5BrF2N2O2/c10-6-1-4(3-13)8(9(11)12)5(14-6)2-7(15)16/h1,9H,2H2,(H,15,16). The van der Waals surface area contributed by atoms with E-state index in [1.165, 1.54) is 0 Å². The Bertz CT molecular complexity index is 471. The van der Waals surface area contributed by atoms with Crippen LogP contribution in [-0.4, -0.2) is 16.1 Å². The van der Waals surface area contributed by atoms with E-state index in [0.29, 0.717) is 0 Å². The van der Waals surface area contributed by atoms with Gasteiger partial charge in [-0.3, -0.25) is 4.79 Å². The Kier molecular flexibility index (Phi) is 3.90. The topological polar surface area (TPSA) is 74.0 Å². The number of pyridine rings is 1. The van der Waals surface area contributed by atoms with E-state index in [2.05, 4.69) is 20.9 Å². The van der Waals surface area contributed by atoms with Crippen LogP contribution in [0.5, 0.6) is 0 Å². The van der Waals surface area contributed by atoms with Crippen LogP contribution in [0.4, 0.5) is 8.78 Å². The number of aromatic nitrogens is 1. The van der Waals surface area contributed by atoms with Crippen molar-refractivity contribution in [1.82, 2.24) is 4.98 Å². The van der Waals surface area contributed by atoms with Crippen LogP contribution < -0.4 is 0 Å². The van der Waals surface area contributed by atoms with Crippen LogP contribution in [-0.2, 0) is 11.2 Å². The van der Waals surface area contributed by atoms with Crippen molar-refractivity contribution in [1.29, 1.82) is 5.26 Å². The number of rotatable bonds is 3. The lowest BCUT2D eigenvalue weighted by atomic mass is 10.1. The molecule has 0 fully saturated rings. The Balaban J connectivity index is 3.39. The van der Waals surface area contributed by atoms with Crippen LogP contribution in [0.3, 0.4) is 0 Å². The Hall–Kier alpha value is -1.55. The van der Waals surface area contributed by atoms with E-state index in [1.807, 2.05) is 0 Å². The molecule has 1 heterocycles. The summed E-state index contributed by atoms with van der Waals surface area (Å²) in [6.07, 6.45) is -3.57. The summed E-state index contributed by atoms with van der Waals surface area (Å²) >= 11 is 2.93. The summed E-state index contributed by atoms with van der Waals surface area (Å²) in [6.45, 7) is 0. The van der Waals surface area contributed by atoms with Crippen molar-refractivity contribution in [2.24, 2.45) is 0 Å². The third-order valence-electron chi connectivity index (χ3n) is 1.76. The molecule has 4 nitrogen and oxygen atoms in total. The molecule has 0 radical (unpaired) electrons. The number of halogens is 3. The number of hydrogen-bond acceptors (Lipinski definition) is 3. The second-order valence-corrected chi connectivity index (χ2v) is 3.65. The molecule has 0 aliphatic heterocycles. The molecule has 1 aromatic rings. The third kappa shape index (κ3) is 2.73. The molecular formula is C9H5BrF2N2O2. The molecule has 0 aliphatic rings. The zero-order chi connectivity index (χ0) is 12.3. The zero-order valence-electron chi connectivity index (χ0n) is 7.75. The fourth-order valence-electron chi connectivity index (χ4n) is 1.19. The van der Waals surface area contributed by atoms with Gasteiger partial charge in [-0.15, -0.1) is 0 Å². The number of carboxylic acid groups (broad SMARTS) is 1. The summed E-state index contributed by atoms with van der Waals surface area (Å²) in [5.74, 6) is -1.28. The SMILES string of the molecule is N#Cc1cc(Br)nc(CC(=O)O)c1C(F)F. The van der Waals surface area contributed by atoms with E-state index >= 15 is 0 Å². The molecule has 0 aliphatic carbocycles. The molecular weight excluding hydrogens is 286 g/mol. The van der Waals surface area contributed by atoms with E-state index in [4.69, 9.17) is 10.4 Å². The van der Waals surface area contributed by atoms with Gasteiger partial charge in [-0.25, -0.2) is 13.8 Å². The van der Waals surface area contributed by atoms with Crippen molar-refractivity contribution in [3.05, 3.63) is 27.5 Å². The van der Waals surface area contributed by atoms with Crippen LogP contribution in [0.25, 0.3) is 0 Å². The molecule has 1 N–H and O–H groups in total. The number of carbonyl (C=O) groups is 1. The molecule has 0 atom stereocenters. The molecule has 0 spiro atoms. The summed E-state index contributed by atoms with van der Waals surface area (Å²) in [5.41, 5.74) is -1.19. The Morgan fingerprint density at radius 3 is 2.75 bits per heavy atom. The van der Waals surface area contributed by atoms with Gasteiger partial charge in [-0.05, 0) is 22.0 Å². The average molecular weight is 291 g/mol. The monoisotopic (exact) mass is 290 g/mol. The number of hydrogen-bond donors (Lipinski definition) is 1. The molecule has 0 bridgehead atoms. The lowest BCUT2D eigenvalue weighted by Gasteiger charge is -2.08. The van der Waals surface area contributed by atoms with Gasteiger partial charge in [0.1, 0.15) is 4.60 Å². The summed E-state index contributed by atoms with van der Waals surface area (Å²) in [7, 11) is 0. The fraction of sp³-hybridized carbons (Fsp3) is 0.222. The smallest absolute Gasteiger partial charge is 0.309 e. The maximum atomic E-state index is 12.7. The molecule has 1 aromatic heterocycles. The lowest BCUT2D eigenvalue weighted by molar-refractivity contribution is -0.136. The predicted molar refractivity (Wildman–Crippen MR) is 52.9 cm³/mol. The van der Waals surface area contributed by atoms with E-state index in [-0.39, 0.29) is 15.9 Å². The molecule has 0 amide bonds. The first kappa shape index (κ1) is 12.5. The Labute approximate surface area is 97.7 Å². The van der Waals surface area contributed by atoms with Gasteiger partial charge in [0.2, 0.25) is 0 Å². The van der Waals surface area contributed by atoms with Gasteiger partial charge in [0.15, 0.2) is 0 Å². The molecule has 0 unspecified atom stereocenters. The average Bonchev–Trinajstić information content (AvgIpc) is 2.14. The van der Waals surface area contributed by atoms with E-state index in [0.717, 1.165) is 6.07 Å². The second kappa shape index (κ2) is 4.99. The minimum Gasteiger partial charge on any atom is -0.481 e. The largest absolute Gasteiger partial charge is 0.481 e. The first-order chi connectivity index (χ1) is 7.45. The highest BCUT2D eigenvalue weighted by molar-refractivity contribution is 9.10. The van der Waals surface area contributed by atoms with Crippen molar-refractivity contribution in [2.75, 3.05) is 0 Å². The molecule has 7 heteroatoms. The van der Waals surface area contributed by atoms with Gasteiger partial charge in [0.05, 0.1) is 29.3 Å². The molecule has 0 saturated heterocycles. The molecule has 84 valence electrons. The van der Waals surface area contributed by atoms with Gasteiger partial charge in [0, 0.05) is 0 Å². The highest BCUT2D eigenvalue weighted by Crippen LogP contribution is 2.27. The summed E-state index contributed by atoms with van der Waals surface area (Å²) in [5, 5.41) is 17.2. The van der Waals surface area contributed by atoms with Crippen LogP contribution >= 0.6 is 15.9 Å². The van der Waals surface area contributed by atoms with Crippen molar-refractivity contribution in [3.8, 4) is 6.07 Å². The zero-order valence-corrected chi connectivity index (χ0v) is 9.33. The fourth-order valence-corrected chi connectivity index (χ4v) is 1.63. The van der Waals surface area contributed by atoms with Crippen LogP contribution in [0.2, 0.25) is 0 Å². The summed E-state index contributed by atoms with van der Waals surface area (Å²) < 4.78 is 25.5. The minimum absolute atomic E-state index is 0.157. The lowest BCUT2D eigenvalue weighted by Crippen LogP contribution is -2.08. The molecule has 1 rings (SSSR count). The maximum Gasteiger partial charge on any atom is 0.309 e. The van der Waals surface area contributed by atoms with Crippen LogP contribution in [0, 0.1) is 11.3 Å². The summed E-state index contributed by atoms with van der Waals surface area (Å²) in [6, 6.07) is 2.72. The highest BCUT2D eigenvalue weighted by Gasteiger charge is 2.21. The van der Waals surface area contributed by atoms with E-state index in [9.17, 15) is 13.6 Å². The van der Waals surface area contributed by atoms with Crippen LogP contribution in [0.1, 0.15) is 23.2 Å². The minimum atomic E-state index is -2.93. The number of alkyl halides is 2. The quantitative estimate of drug-likeness (QED) is 0.867. The number of nitriles is 1. The molecule has 16 heavy (non-hydrogen) atoms. The van der Waals surface area contributed by atoms with Crippen LogP contribution in [0.15, 0.2) is 10.7 Å². The molecule has 0 saturated carbocycles. The van der Waals surface area contributed by atoms with Gasteiger partial charge in [0.25, 0.3) is 6.43 Å². The van der Waals surface area contributed by atoms with E-state index < -0.39 is 24.4 Å². The Morgan fingerprint density at radius 1 is 1.69 bits per heavy atom. The van der Waals surface area contributed by atoms with Gasteiger partial charge in [-0.1, -0.05) is 0 Å². The van der Waals surface area contributed by atoms with Gasteiger partial charge < -0.3 is 5.11 Å². The van der Waals surface area contributed by atoms with Gasteiger partial charge >= 0.3 is 5.97 Å². The third-order valence-corrected chi connectivity index (χ3v) is 2.17. The normalized spacial score (nSPS) is 10.2. The first-order valence-corrected chi connectivity index (χ1v) is 4.84. The highest BCUT2D eigenvalue weighted by atomic mass is 79.9. The summed E-state index contributed by atoms with van der Waals surface area (Å²) in [4.78, 5) is 14.1. The number of carboxylic acids is 1. The van der Waals surface area contributed by atoms with Crippen molar-refractivity contribution >= 4 is 21.9 Å². The van der Waals surface area contributed by atoms with Gasteiger partial charge in [-0.2, -0.15) is 5.26 Å². The number of nitrogens with zero attached hydrogens (tertiary/aromatic N) is 2. The maximum absolute atomic E-state index is 12.7. The molecule has 0 aromatic carbocycles. The van der Waals surface area contributed by atoms with Crippen molar-refractivity contribution in [2.45, 2.75) is 12.8 Å². The first-order valence-electron chi connectivity index (χ1n) is 4.05. The predicted octanol–water partition coefficient (Wildman–Crippen LogP) is 2.28. The van der Waals surface area contributed by atoms with E-state index in [1.54, 1.807) is 6.07 Å².